The van der Waals surface area contributed by atoms with Crippen molar-refractivity contribution in [3.8, 4) is 0 Å². The van der Waals surface area contributed by atoms with E-state index in [9.17, 15) is 4.39 Å². The van der Waals surface area contributed by atoms with Gasteiger partial charge in [-0.2, -0.15) is 0 Å². The Hall–Kier alpha value is -0.310. The van der Waals surface area contributed by atoms with Gasteiger partial charge in [-0.15, -0.1) is 11.3 Å². The van der Waals surface area contributed by atoms with E-state index in [4.69, 9.17) is 23.2 Å². The van der Waals surface area contributed by atoms with E-state index in [0.717, 1.165) is 9.58 Å². The maximum Gasteiger partial charge on any atom is 0.151 e. The molecule has 15 heavy (non-hydrogen) atoms. The minimum absolute atomic E-state index is 0.118. The highest BCUT2D eigenvalue weighted by Gasteiger charge is 2.13. The van der Waals surface area contributed by atoms with Crippen molar-refractivity contribution in [1.82, 2.24) is 0 Å². The first-order valence-corrected chi connectivity index (χ1v) is 6.21. The molecule has 0 amide bonds. The topological polar surface area (TPSA) is 0 Å². The second-order valence-electron chi connectivity index (χ2n) is 2.71. The van der Waals surface area contributed by atoms with Crippen LogP contribution in [0.5, 0.6) is 0 Å². The number of benzene rings is 1. The first-order chi connectivity index (χ1) is 7.11. The van der Waals surface area contributed by atoms with Crippen molar-refractivity contribution in [2.45, 2.75) is 20.8 Å². The van der Waals surface area contributed by atoms with E-state index in [-0.39, 0.29) is 5.02 Å². The lowest BCUT2D eigenvalue weighted by Gasteiger charge is -1.95. The zero-order valence-corrected chi connectivity index (χ0v) is 11.0. The van der Waals surface area contributed by atoms with Gasteiger partial charge in [-0.25, -0.2) is 4.39 Å². The van der Waals surface area contributed by atoms with Crippen molar-refractivity contribution in [2.75, 3.05) is 0 Å². The van der Waals surface area contributed by atoms with E-state index >= 15 is 0 Å². The zero-order chi connectivity index (χ0) is 11.6. The molecule has 2 rings (SSSR count). The van der Waals surface area contributed by atoms with Crippen molar-refractivity contribution in [1.29, 1.82) is 0 Å². The van der Waals surface area contributed by atoms with Crippen LogP contribution in [-0.2, 0) is 0 Å². The van der Waals surface area contributed by atoms with Crippen LogP contribution in [0.1, 0.15) is 18.7 Å². The summed E-state index contributed by atoms with van der Waals surface area (Å²) in [7, 11) is 0. The number of hydrogen-bond donors (Lipinski definition) is 0. The molecule has 0 radical (unpaired) electrons. The molecular formula is C11H11Cl2FS. The third-order valence-electron chi connectivity index (χ3n) is 1.85. The number of fused-ring (bicyclic) bond motifs is 1. The number of thiophene rings is 1. The SMILES string of the molecule is CC.Cc1sc2ccc(Cl)c(F)c2c1Cl. The van der Waals surface area contributed by atoms with Crippen LogP contribution in [-0.4, -0.2) is 0 Å². The average molecular weight is 265 g/mol. The first-order valence-electron chi connectivity index (χ1n) is 4.64. The Morgan fingerprint density at radius 1 is 1.20 bits per heavy atom. The number of rotatable bonds is 0. The zero-order valence-electron chi connectivity index (χ0n) is 8.70. The molecule has 0 unspecified atom stereocenters. The Balaban J connectivity index is 0.000000531. The highest BCUT2D eigenvalue weighted by Crippen LogP contribution is 2.38. The summed E-state index contributed by atoms with van der Waals surface area (Å²) in [4.78, 5) is 0.915. The van der Waals surface area contributed by atoms with Gasteiger partial charge >= 0.3 is 0 Å². The monoisotopic (exact) mass is 264 g/mol. The van der Waals surface area contributed by atoms with Gasteiger partial charge in [0.15, 0.2) is 5.82 Å². The standard InChI is InChI=1S/C9H5Cl2FS.C2H6/c1-4-8(11)7-6(13-4)3-2-5(10)9(7)12;1-2/h2-3H,1H3;1-2H3. The summed E-state index contributed by atoms with van der Waals surface area (Å²) in [5.41, 5.74) is 0. The van der Waals surface area contributed by atoms with Crippen LogP contribution in [0.4, 0.5) is 4.39 Å². The fraction of sp³-hybridized carbons (Fsp3) is 0.273. The smallest absolute Gasteiger partial charge is 0.151 e. The lowest BCUT2D eigenvalue weighted by molar-refractivity contribution is 0.640. The molecule has 0 fully saturated rings. The van der Waals surface area contributed by atoms with Crippen molar-refractivity contribution in [3.05, 3.63) is 32.9 Å². The van der Waals surface area contributed by atoms with E-state index in [0.29, 0.717) is 10.4 Å². The highest BCUT2D eigenvalue weighted by molar-refractivity contribution is 7.19. The highest BCUT2D eigenvalue weighted by atomic mass is 35.5. The molecule has 0 aliphatic rings. The van der Waals surface area contributed by atoms with Gasteiger partial charge < -0.3 is 0 Å². The molecule has 0 atom stereocenters. The molecule has 1 aromatic heterocycles. The summed E-state index contributed by atoms with van der Waals surface area (Å²) in [5, 5.41) is 1.03. The average Bonchev–Trinajstić information content (AvgIpc) is 2.53. The van der Waals surface area contributed by atoms with Crippen LogP contribution in [0.2, 0.25) is 10.0 Å². The van der Waals surface area contributed by atoms with Gasteiger partial charge in [0.25, 0.3) is 0 Å². The predicted octanol–water partition coefficient (Wildman–Crippen LogP) is 5.68. The Bertz CT molecular complexity index is 477. The van der Waals surface area contributed by atoms with Crippen molar-refractivity contribution >= 4 is 44.6 Å². The molecule has 0 N–H and O–H groups in total. The Labute approximate surface area is 103 Å². The molecule has 0 bridgehead atoms. The van der Waals surface area contributed by atoms with E-state index in [1.54, 1.807) is 12.1 Å². The molecule has 2 aromatic rings. The summed E-state index contributed by atoms with van der Waals surface area (Å²) < 4.78 is 14.3. The third-order valence-corrected chi connectivity index (χ3v) is 3.80. The lowest BCUT2D eigenvalue weighted by Crippen LogP contribution is -1.77. The second kappa shape index (κ2) is 5.15. The third kappa shape index (κ3) is 2.27. The van der Waals surface area contributed by atoms with E-state index < -0.39 is 5.82 Å². The Morgan fingerprint density at radius 2 is 1.80 bits per heavy atom. The first kappa shape index (κ1) is 12.8. The molecule has 0 nitrogen and oxygen atoms in total. The number of hydrogen-bond acceptors (Lipinski definition) is 1. The molecule has 1 aromatic carbocycles. The predicted molar refractivity (Wildman–Crippen MR) is 67.9 cm³/mol. The van der Waals surface area contributed by atoms with Crippen molar-refractivity contribution in [3.63, 3.8) is 0 Å². The molecule has 4 heteroatoms. The quantitative estimate of drug-likeness (QED) is 0.574. The van der Waals surface area contributed by atoms with Crippen LogP contribution in [0, 0.1) is 12.7 Å². The van der Waals surface area contributed by atoms with Crippen molar-refractivity contribution < 1.29 is 4.39 Å². The molecule has 82 valence electrons. The molecule has 0 saturated carbocycles. The second-order valence-corrected chi connectivity index (χ2v) is 4.75. The number of halogens is 3. The fourth-order valence-electron chi connectivity index (χ4n) is 1.21. The van der Waals surface area contributed by atoms with Gasteiger partial charge in [-0.3, -0.25) is 0 Å². The Kier molecular flexibility index (Phi) is 4.38. The maximum absolute atomic E-state index is 13.5. The summed E-state index contributed by atoms with van der Waals surface area (Å²) in [6.07, 6.45) is 0. The van der Waals surface area contributed by atoms with Crippen LogP contribution in [0.3, 0.4) is 0 Å². The van der Waals surface area contributed by atoms with E-state index in [2.05, 4.69) is 0 Å². The van der Waals surface area contributed by atoms with Crippen LogP contribution in [0.15, 0.2) is 12.1 Å². The molecule has 0 saturated heterocycles. The van der Waals surface area contributed by atoms with Gasteiger partial charge in [0.1, 0.15) is 0 Å². The van der Waals surface area contributed by atoms with Gasteiger partial charge in [-0.05, 0) is 19.1 Å². The van der Waals surface area contributed by atoms with Crippen LogP contribution < -0.4 is 0 Å². The fourth-order valence-corrected chi connectivity index (χ4v) is 2.67. The van der Waals surface area contributed by atoms with Crippen LogP contribution in [0.25, 0.3) is 10.1 Å². The van der Waals surface area contributed by atoms with Gasteiger partial charge in [-0.1, -0.05) is 37.0 Å². The number of aryl methyl sites for hydroxylation is 1. The molecule has 0 aliphatic carbocycles. The van der Waals surface area contributed by atoms with Gasteiger partial charge in [0, 0.05) is 15.0 Å². The Morgan fingerprint density at radius 3 is 2.40 bits per heavy atom. The normalized spacial score (nSPS) is 10.0. The van der Waals surface area contributed by atoms with Gasteiger partial charge in [0.05, 0.1) is 10.0 Å². The molecule has 0 aliphatic heterocycles. The maximum atomic E-state index is 13.5. The summed E-state index contributed by atoms with van der Waals surface area (Å²) in [6.45, 7) is 5.86. The summed E-state index contributed by atoms with van der Waals surface area (Å²) in [5.74, 6) is -0.423. The summed E-state index contributed by atoms with van der Waals surface area (Å²) in [6, 6.07) is 3.33. The summed E-state index contributed by atoms with van der Waals surface area (Å²) >= 11 is 13.0. The molecule has 0 spiro atoms. The van der Waals surface area contributed by atoms with E-state index in [1.807, 2.05) is 20.8 Å². The van der Waals surface area contributed by atoms with E-state index in [1.165, 1.54) is 11.3 Å². The minimum atomic E-state index is -0.423. The minimum Gasteiger partial charge on any atom is -0.205 e. The van der Waals surface area contributed by atoms with Crippen molar-refractivity contribution in [2.24, 2.45) is 0 Å². The van der Waals surface area contributed by atoms with Crippen LogP contribution >= 0.6 is 34.5 Å². The molecule has 1 heterocycles. The lowest BCUT2D eigenvalue weighted by atomic mass is 10.2. The van der Waals surface area contributed by atoms with Gasteiger partial charge in [0.2, 0.25) is 0 Å². The molecular weight excluding hydrogens is 254 g/mol. The largest absolute Gasteiger partial charge is 0.205 e.